The van der Waals surface area contributed by atoms with E-state index in [0.717, 1.165) is 5.56 Å². The third-order valence-corrected chi connectivity index (χ3v) is 3.18. The van der Waals surface area contributed by atoms with Crippen LogP contribution < -0.4 is 20.1 Å². The predicted molar refractivity (Wildman–Crippen MR) is 86.6 cm³/mol. The second-order valence-electron chi connectivity index (χ2n) is 4.89. The van der Waals surface area contributed by atoms with Crippen molar-refractivity contribution in [2.45, 2.75) is 13.5 Å². The smallest absolute Gasteiger partial charge is 0.319 e. The minimum atomic E-state index is -0.282. The fraction of sp³-hybridized carbons (Fsp3) is 0.235. The molecule has 2 N–H and O–H groups in total. The van der Waals surface area contributed by atoms with Gasteiger partial charge in [0.1, 0.15) is 11.5 Å². The number of aryl methyl sites for hydroxylation is 1. The average Bonchev–Trinajstić information content (AvgIpc) is 2.54. The summed E-state index contributed by atoms with van der Waals surface area (Å²) in [6, 6.07) is 12.9. The lowest BCUT2D eigenvalue weighted by atomic mass is 10.1. The maximum atomic E-state index is 11.9. The van der Waals surface area contributed by atoms with Crippen LogP contribution in [-0.2, 0) is 6.54 Å². The molecule has 0 spiro atoms. The molecule has 2 aromatic rings. The molecule has 0 aliphatic heterocycles. The van der Waals surface area contributed by atoms with Crippen LogP contribution >= 0.6 is 0 Å². The lowest BCUT2D eigenvalue weighted by molar-refractivity contribution is 0.251. The van der Waals surface area contributed by atoms with Crippen LogP contribution in [0.4, 0.5) is 10.5 Å². The molecule has 2 rings (SSSR count). The molecular weight excluding hydrogens is 280 g/mol. The van der Waals surface area contributed by atoms with Crippen LogP contribution in [0.2, 0.25) is 0 Å². The van der Waals surface area contributed by atoms with E-state index in [1.165, 1.54) is 5.56 Å². The highest BCUT2D eigenvalue weighted by Gasteiger charge is 2.06. The third-order valence-electron chi connectivity index (χ3n) is 3.18. The van der Waals surface area contributed by atoms with Crippen molar-refractivity contribution in [1.29, 1.82) is 0 Å². The highest BCUT2D eigenvalue weighted by molar-refractivity contribution is 5.89. The zero-order valence-corrected chi connectivity index (χ0v) is 13.0. The topological polar surface area (TPSA) is 59.6 Å². The number of methoxy groups -OCH3 is 2. The number of amides is 2. The Labute approximate surface area is 130 Å². The number of anilines is 1. The monoisotopic (exact) mass is 300 g/mol. The molecule has 2 aromatic carbocycles. The van der Waals surface area contributed by atoms with Crippen LogP contribution in [0.15, 0.2) is 42.5 Å². The zero-order valence-electron chi connectivity index (χ0n) is 13.0. The Balaban J connectivity index is 1.95. The molecule has 5 heteroatoms. The van der Waals surface area contributed by atoms with Crippen molar-refractivity contribution in [2.75, 3.05) is 19.5 Å². The van der Waals surface area contributed by atoms with Gasteiger partial charge in [-0.2, -0.15) is 0 Å². The molecule has 5 nitrogen and oxygen atoms in total. The van der Waals surface area contributed by atoms with Gasteiger partial charge >= 0.3 is 6.03 Å². The van der Waals surface area contributed by atoms with Gasteiger partial charge in [0, 0.05) is 30.4 Å². The van der Waals surface area contributed by atoms with E-state index in [2.05, 4.69) is 10.6 Å². The summed E-state index contributed by atoms with van der Waals surface area (Å²) >= 11 is 0. The molecule has 0 atom stereocenters. The van der Waals surface area contributed by atoms with E-state index >= 15 is 0 Å². The molecule has 0 saturated carbocycles. The number of ether oxygens (including phenoxy) is 2. The number of benzene rings is 2. The number of hydrogen-bond acceptors (Lipinski definition) is 3. The number of carbonyl (C=O) groups is 1. The molecule has 0 bridgehead atoms. The number of rotatable bonds is 5. The highest BCUT2D eigenvalue weighted by atomic mass is 16.5. The first-order valence-corrected chi connectivity index (χ1v) is 6.94. The molecular formula is C17H20N2O3. The number of carbonyl (C=O) groups excluding carboxylic acids is 1. The van der Waals surface area contributed by atoms with Crippen LogP contribution in [0.1, 0.15) is 11.1 Å². The minimum absolute atomic E-state index is 0.282. The van der Waals surface area contributed by atoms with Crippen molar-refractivity contribution in [3.63, 3.8) is 0 Å². The first kappa shape index (κ1) is 15.7. The summed E-state index contributed by atoms with van der Waals surface area (Å²) in [4.78, 5) is 11.9. The van der Waals surface area contributed by atoms with Gasteiger partial charge in [-0.25, -0.2) is 4.79 Å². The molecule has 0 aliphatic rings. The van der Waals surface area contributed by atoms with E-state index in [4.69, 9.17) is 9.47 Å². The second kappa shape index (κ2) is 7.36. The highest BCUT2D eigenvalue weighted by Crippen LogP contribution is 2.25. The number of urea groups is 1. The van der Waals surface area contributed by atoms with Crippen LogP contribution in [0.5, 0.6) is 11.5 Å². The Hall–Kier alpha value is -2.69. The molecule has 22 heavy (non-hydrogen) atoms. The summed E-state index contributed by atoms with van der Waals surface area (Å²) in [6.07, 6.45) is 0. The average molecular weight is 300 g/mol. The SMILES string of the molecule is COc1cc(NC(=O)NCc2ccc(C)cc2)cc(OC)c1. The Morgan fingerprint density at radius 1 is 1.00 bits per heavy atom. The molecule has 0 radical (unpaired) electrons. The van der Waals surface area contributed by atoms with Gasteiger partial charge in [0.25, 0.3) is 0 Å². The van der Waals surface area contributed by atoms with Gasteiger partial charge in [-0.05, 0) is 12.5 Å². The van der Waals surface area contributed by atoms with Crippen molar-refractivity contribution >= 4 is 11.7 Å². The summed E-state index contributed by atoms with van der Waals surface area (Å²) < 4.78 is 10.3. The molecule has 0 aromatic heterocycles. The summed E-state index contributed by atoms with van der Waals surface area (Å²) in [7, 11) is 3.13. The van der Waals surface area contributed by atoms with Gasteiger partial charge in [0.15, 0.2) is 0 Å². The van der Waals surface area contributed by atoms with Crippen molar-refractivity contribution in [3.8, 4) is 11.5 Å². The Kier molecular flexibility index (Phi) is 5.25. The lowest BCUT2D eigenvalue weighted by Gasteiger charge is -2.11. The van der Waals surface area contributed by atoms with Crippen LogP contribution in [0, 0.1) is 6.92 Å². The Bertz CT molecular complexity index is 617. The number of nitrogens with one attached hydrogen (secondary N) is 2. The molecule has 116 valence electrons. The van der Waals surface area contributed by atoms with Gasteiger partial charge < -0.3 is 20.1 Å². The van der Waals surface area contributed by atoms with Crippen molar-refractivity contribution in [3.05, 3.63) is 53.6 Å². The van der Waals surface area contributed by atoms with Crippen molar-refractivity contribution in [2.24, 2.45) is 0 Å². The Morgan fingerprint density at radius 3 is 2.14 bits per heavy atom. The molecule has 2 amide bonds. The third kappa shape index (κ3) is 4.41. The molecule has 0 heterocycles. The molecule has 0 saturated heterocycles. The first-order valence-electron chi connectivity index (χ1n) is 6.94. The fourth-order valence-electron chi connectivity index (χ4n) is 1.94. The lowest BCUT2D eigenvalue weighted by Crippen LogP contribution is -2.28. The quantitative estimate of drug-likeness (QED) is 0.890. The van der Waals surface area contributed by atoms with E-state index < -0.39 is 0 Å². The largest absolute Gasteiger partial charge is 0.497 e. The summed E-state index contributed by atoms with van der Waals surface area (Å²) in [5, 5.41) is 5.57. The summed E-state index contributed by atoms with van der Waals surface area (Å²) in [6.45, 7) is 2.49. The predicted octanol–water partition coefficient (Wildman–Crippen LogP) is 3.33. The Morgan fingerprint density at radius 2 is 1.59 bits per heavy atom. The maximum Gasteiger partial charge on any atom is 0.319 e. The van der Waals surface area contributed by atoms with E-state index in [1.54, 1.807) is 32.4 Å². The molecule has 0 aliphatic carbocycles. The second-order valence-corrected chi connectivity index (χ2v) is 4.89. The van der Waals surface area contributed by atoms with E-state index in [9.17, 15) is 4.79 Å². The zero-order chi connectivity index (χ0) is 15.9. The first-order chi connectivity index (χ1) is 10.6. The molecule has 0 fully saturated rings. The normalized spacial score (nSPS) is 9.95. The number of hydrogen-bond donors (Lipinski definition) is 2. The van der Waals surface area contributed by atoms with Crippen molar-refractivity contribution < 1.29 is 14.3 Å². The van der Waals surface area contributed by atoms with Gasteiger partial charge in [-0.1, -0.05) is 29.8 Å². The van der Waals surface area contributed by atoms with Crippen LogP contribution in [0.25, 0.3) is 0 Å². The summed E-state index contributed by atoms with van der Waals surface area (Å²) in [5.74, 6) is 1.24. The van der Waals surface area contributed by atoms with Gasteiger partial charge in [-0.3, -0.25) is 0 Å². The van der Waals surface area contributed by atoms with Crippen molar-refractivity contribution in [1.82, 2.24) is 5.32 Å². The minimum Gasteiger partial charge on any atom is -0.497 e. The van der Waals surface area contributed by atoms with Gasteiger partial charge in [0.05, 0.1) is 14.2 Å². The maximum absolute atomic E-state index is 11.9. The standard InChI is InChI=1S/C17H20N2O3/c1-12-4-6-13(7-5-12)11-18-17(20)19-14-8-15(21-2)10-16(9-14)22-3/h4-10H,11H2,1-3H3,(H2,18,19,20). The van der Waals surface area contributed by atoms with E-state index in [0.29, 0.717) is 23.7 Å². The van der Waals surface area contributed by atoms with E-state index in [-0.39, 0.29) is 6.03 Å². The van der Waals surface area contributed by atoms with Gasteiger partial charge in [-0.15, -0.1) is 0 Å². The molecule has 0 unspecified atom stereocenters. The van der Waals surface area contributed by atoms with Crippen LogP contribution in [-0.4, -0.2) is 20.3 Å². The van der Waals surface area contributed by atoms with Crippen LogP contribution in [0.3, 0.4) is 0 Å². The van der Waals surface area contributed by atoms with Gasteiger partial charge in [0.2, 0.25) is 0 Å². The van der Waals surface area contributed by atoms with E-state index in [1.807, 2.05) is 31.2 Å². The fourth-order valence-corrected chi connectivity index (χ4v) is 1.94. The summed E-state index contributed by atoms with van der Waals surface area (Å²) in [5.41, 5.74) is 2.85.